The van der Waals surface area contributed by atoms with Gasteiger partial charge in [-0.3, -0.25) is 4.79 Å². The van der Waals surface area contributed by atoms with Gasteiger partial charge in [-0.2, -0.15) is 0 Å². The monoisotopic (exact) mass is 204 g/mol. The second-order valence-electron chi connectivity index (χ2n) is 3.13. The molecule has 0 saturated heterocycles. The van der Waals surface area contributed by atoms with Crippen LogP contribution in [0.25, 0.3) is 11.0 Å². The Morgan fingerprint density at radius 3 is 3.07 bits per heavy atom. The highest BCUT2D eigenvalue weighted by atomic mass is 19.1. The molecule has 0 bridgehead atoms. The van der Waals surface area contributed by atoms with Crippen molar-refractivity contribution in [3.8, 4) is 0 Å². The summed E-state index contributed by atoms with van der Waals surface area (Å²) >= 11 is 0. The summed E-state index contributed by atoms with van der Waals surface area (Å²) in [5.41, 5.74) is 0.870. The molecule has 0 saturated carbocycles. The molecule has 0 fully saturated rings. The molecule has 76 valence electrons. The smallest absolute Gasteiger partial charge is 0.269 e. The van der Waals surface area contributed by atoms with Gasteiger partial charge in [-0.25, -0.2) is 9.37 Å². The lowest BCUT2D eigenvalue weighted by atomic mass is 10.3. The third kappa shape index (κ3) is 1.66. The second kappa shape index (κ2) is 3.65. The maximum absolute atomic E-state index is 12.9. The Bertz CT molecular complexity index is 574. The standard InChI is InChI=1S/C11H9FN2O/c1-2-5-14-10-4-3-8(12)6-9(10)13-7-11(14)15/h2-4,6-7H,1,5H2. The van der Waals surface area contributed by atoms with Crippen molar-refractivity contribution < 1.29 is 4.39 Å². The average molecular weight is 204 g/mol. The summed E-state index contributed by atoms with van der Waals surface area (Å²) in [6.07, 6.45) is 2.80. The number of hydrogen-bond acceptors (Lipinski definition) is 2. The lowest BCUT2D eigenvalue weighted by molar-refractivity contribution is 0.628. The molecule has 0 N–H and O–H groups in total. The largest absolute Gasteiger partial charge is 0.302 e. The van der Waals surface area contributed by atoms with Crippen molar-refractivity contribution in [2.24, 2.45) is 0 Å². The van der Waals surface area contributed by atoms with Gasteiger partial charge >= 0.3 is 0 Å². The molecule has 0 radical (unpaired) electrons. The van der Waals surface area contributed by atoms with Crippen LogP contribution in [0.3, 0.4) is 0 Å². The van der Waals surface area contributed by atoms with E-state index in [1.165, 1.54) is 22.9 Å². The van der Waals surface area contributed by atoms with Gasteiger partial charge in [0.25, 0.3) is 5.56 Å². The molecule has 1 aromatic heterocycles. The highest BCUT2D eigenvalue weighted by Crippen LogP contribution is 2.10. The van der Waals surface area contributed by atoms with Crippen molar-refractivity contribution in [2.75, 3.05) is 0 Å². The van der Waals surface area contributed by atoms with Gasteiger partial charge < -0.3 is 4.57 Å². The third-order valence-corrected chi connectivity index (χ3v) is 2.12. The average Bonchev–Trinajstić information content (AvgIpc) is 2.22. The summed E-state index contributed by atoms with van der Waals surface area (Å²) in [6.45, 7) is 3.96. The summed E-state index contributed by atoms with van der Waals surface area (Å²) in [7, 11) is 0. The Hall–Kier alpha value is -1.97. The van der Waals surface area contributed by atoms with Gasteiger partial charge in [-0.1, -0.05) is 6.08 Å². The van der Waals surface area contributed by atoms with Crippen LogP contribution in [-0.2, 0) is 6.54 Å². The Morgan fingerprint density at radius 2 is 2.33 bits per heavy atom. The van der Waals surface area contributed by atoms with Crippen molar-refractivity contribution in [3.05, 3.63) is 53.2 Å². The van der Waals surface area contributed by atoms with Gasteiger partial charge in [0.2, 0.25) is 0 Å². The van der Waals surface area contributed by atoms with Crippen LogP contribution in [0.4, 0.5) is 4.39 Å². The van der Waals surface area contributed by atoms with Gasteiger partial charge in [0.15, 0.2) is 0 Å². The van der Waals surface area contributed by atoms with Gasteiger partial charge in [-0.15, -0.1) is 6.58 Å². The molecule has 0 aliphatic carbocycles. The Balaban J connectivity index is 2.81. The first-order valence-electron chi connectivity index (χ1n) is 4.48. The summed E-state index contributed by atoms with van der Waals surface area (Å²) in [5, 5.41) is 0. The number of hydrogen-bond donors (Lipinski definition) is 0. The SMILES string of the molecule is C=CCn1c(=O)cnc2cc(F)ccc21. The van der Waals surface area contributed by atoms with Crippen molar-refractivity contribution >= 4 is 11.0 Å². The minimum atomic E-state index is -0.362. The molecular formula is C11H9FN2O. The molecule has 1 heterocycles. The molecule has 1 aromatic carbocycles. The van der Waals surface area contributed by atoms with E-state index in [0.29, 0.717) is 17.6 Å². The van der Waals surface area contributed by atoms with E-state index in [4.69, 9.17) is 0 Å². The molecule has 2 aromatic rings. The molecule has 0 atom stereocenters. The van der Waals surface area contributed by atoms with E-state index < -0.39 is 0 Å². The zero-order chi connectivity index (χ0) is 10.8. The quantitative estimate of drug-likeness (QED) is 0.698. The van der Waals surface area contributed by atoms with Crippen LogP contribution in [-0.4, -0.2) is 9.55 Å². The van der Waals surface area contributed by atoms with E-state index in [1.807, 2.05) is 0 Å². The molecule has 4 heteroatoms. The number of allylic oxidation sites excluding steroid dienone is 1. The highest BCUT2D eigenvalue weighted by Gasteiger charge is 2.03. The zero-order valence-electron chi connectivity index (χ0n) is 7.98. The minimum Gasteiger partial charge on any atom is -0.302 e. The van der Waals surface area contributed by atoms with Crippen LogP contribution in [0.1, 0.15) is 0 Å². The van der Waals surface area contributed by atoms with E-state index in [1.54, 1.807) is 12.1 Å². The number of fused-ring (bicyclic) bond motifs is 1. The molecule has 0 aliphatic rings. The maximum atomic E-state index is 12.9. The number of rotatable bonds is 2. The third-order valence-electron chi connectivity index (χ3n) is 2.12. The lowest BCUT2D eigenvalue weighted by Crippen LogP contribution is -2.19. The fourth-order valence-electron chi connectivity index (χ4n) is 1.46. The highest BCUT2D eigenvalue weighted by molar-refractivity contribution is 5.74. The molecule has 0 spiro atoms. The lowest BCUT2D eigenvalue weighted by Gasteiger charge is -2.06. The van der Waals surface area contributed by atoms with Gasteiger partial charge in [-0.05, 0) is 12.1 Å². The van der Waals surface area contributed by atoms with Crippen LogP contribution in [0.5, 0.6) is 0 Å². The first-order valence-corrected chi connectivity index (χ1v) is 4.48. The van der Waals surface area contributed by atoms with Crippen LogP contribution in [0.2, 0.25) is 0 Å². The van der Waals surface area contributed by atoms with Crippen LogP contribution < -0.4 is 5.56 Å². The van der Waals surface area contributed by atoms with E-state index in [0.717, 1.165) is 0 Å². The first-order chi connectivity index (χ1) is 7.22. The zero-order valence-corrected chi connectivity index (χ0v) is 7.98. The molecule has 0 unspecified atom stereocenters. The predicted octanol–water partition coefficient (Wildman–Crippen LogP) is 1.72. The number of nitrogens with zero attached hydrogens (tertiary/aromatic N) is 2. The van der Waals surface area contributed by atoms with Crippen LogP contribution >= 0.6 is 0 Å². The summed E-state index contributed by atoms with van der Waals surface area (Å²) in [5.74, 6) is -0.362. The number of aromatic nitrogens is 2. The van der Waals surface area contributed by atoms with E-state index >= 15 is 0 Å². The van der Waals surface area contributed by atoms with E-state index in [-0.39, 0.29) is 11.4 Å². The Labute approximate surface area is 85.5 Å². The molecule has 0 amide bonds. The molecule has 2 rings (SSSR count). The van der Waals surface area contributed by atoms with Gasteiger partial charge in [0.05, 0.1) is 17.2 Å². The van der Waals surface area contributed by atoms with Crippen molar-refractivity contribution in [3.63, 3.8) is 0 Å². The molecule has 15 heavy (non-hydrogen) atoms. The van der Waals surface area contributed by atoms with Crippen molar-refractivity contribution in [1.82, 2.24) is 9.55 Å². The van der Waals surface area contributed by atoms with Crippen LogP contribution in [0.15, 0.2) is 41.8 Å². The Morgan fingerprint density at radius 1 is 1.53 bits per heavy atom. The van der Waals surface area contributed by atoms with Crippen molar-refractivity contribution in [1.29, 1.82) is 0 Å². The normalized spacial score (nSPS) is 10.5. The van der Waals surface area contributed by atoms with Crippen molar-refractivity contribution in [2.45, 2.75) is 6.54 Å². The predicted molar refractivity (Wildman–Crippen MR) is 56.2 cm³/mol. The number of benzene rings is 1. The summed E-state index contributed by atoms with van der Waals surface area (Å²) < 4.78 is 14.4. The van der Waals surface area contributed by atoms with Gasteiger partial charge in [0.1, 0.15) is 5.82 Å². The van der Waals surface area contributed by atoms with E-state index in [2.05, 4.69) is 11.6 Å². The molecule has 0 aliphatic heterocycles. The van der Waals surface area contributed by atoms with Crippen LogP contribution in [0, 0.1) is 5.82 Å². The minimum absolute atomic E-state index is 0.214. The summed E-state index contributed by atoms with van der Waals surface area (Å²) in [4.78, 5) is 15.3. The molecule has 3 nitrogen and oxygen atoms in total. The number of halogens is 1. The van der Waals surface area contributed by atoms with E-state index in [9.17, 15) is 9.18 Å². The fourth-order valence-corrected chi connectivity index (χ4v) is 1.46. The maximum Gasteiger partial charge on any atom is 0.269 e. The Kier molecular flexibility index (Phi) is 2.33. The second-order valence-corrected chi connectivity index (χ2v) is 3.13. The van der Waals surface area contributed by atoms with Gasteiger partial charge in [0, 0.05) is 12.6 Å². The fraction of sp³-hybridized carbons (Fsp3) is 0.0909. The summed E-state index contributed by atoms with van der Waals surface area (Å²) in [6, 6.07) is 4.15. The topological polar surface area (TPSA) is 34.9 Å². The molecular weight excluding hydrogens is 195 g/mol. The first kappa shape index (κ1) is 9.58.